The number of ketones is 1. The molecule has 0 radical (unpaired) electrons. The summed E-state index contributed by atoms with van der Waals surface area (Å²) in [7, 11) is 0. The Morgan fingerprint density at radius 1 is 1.31 bits per heavy atom. The average molecular weight is 388 g/mol. The maximum Gasteiger partial charge on any atom is 0.231 e. The van der Waals surface area contributed by atoms with Crippen LogP contribution in [0, 0.1) is 16.7 Å². The monoisotopic (exact) mass is 388 g/mol. The Hall–Kier alpha value is -3.40. The number of aromatic amines is 1. The molecule has 0 unspecified atom stereocenters. The van der Waals surface area contributed by atoms with Crippen LogP contribution in [-0.2, 0) is 11.2 Å². The molecule has 4 rings (SSSR count). The van der Waals surface area contributed by atoms with E-state index >= 15 is 0 Å². The lowest BCUT2D eigenvalue weighted by Gasteiger charge is -2.42. The molecule has 2 aliphatic rings. The van der Waals surface area contributed by atoms with Crippen molar-refractivity contribution >= 4 is 11.7 Å². The molecule has 2 aromatic rings. The molecule has 1 aliphatic heterocycles. The van der Waals surface area contributed by atoms with Crippen LogP contribution >= 0.6 is 0 Å². The summed E-state index contributed by atoms with van der Waals surface area (Å²) < 4.78 is 0. The molecule has 1 aliphatic carbocycles. The van der Waals surface area contributed by atoms with Gasteiger partial charge in [-0.15, -0.1) is 0 Å². The Morgan fingerprint density at radius 3 is 2.62 bits per heavy atom. The number of anilines is 1. The molecule has 0 saturated heterocycles. The fourth-order valence-electron chi connectivity index (χ4n) is 4.34. The Morgan fingerprint density at radius 2 is 2.03 bits per heavy atom. The molecule has 0 fully saturated rings. The zero-order valence-corrected chi connectivity index (χ0v) is 16.9. The van der Waals surface area contributed by atoms with Gasteiger partial charge in [-0.1, -0.05) is 45.0 Å². The lowest BCUT2D eigenvalue weighted by atomic mass is 9.68. The molecule has 1 aromatic heterocycles. The van der Waals surface area contributed by atoms with Crippen molar-refractivity contribution in [3.63, 3.8) is 0 Å². The van der Waals surface area contributed by atoms with Crippen LogP contribution in [0.4, 0.5) is 5.95 Å². The molecule has 7 nitrogen and oxygen atoms in total. The fraction of sp³-hybridized carbons (Fsp3) is 0.364. The SMILES string of the molecule is CCc1ccc([C@H]2C(C#N)=C(N)N(c3ncn[nH]3)C3=C2C(=O)CC(C)(C)C3)cc1. The van der Waals surface area contributed by atoms with Crippen LogP contribution in [0.2, 0.25) is 0 Å². The molecule has 7 heteroatoms. The number of H-pyrrole nitrogens is 1. The minimum absolute atomic E-state index is 0.0468. The van der Waals surface area contributed by atoms with Crippen molar-refractivity contribution < 1.29 is 4.79 Å². The van der Waals surface area contributed by atoms with E-state index < -0.39 is 5.92 Å². The maximum absolute atomic E-state index is 13.3. The van der Waals surface area contributed by atoms with E-state index in [9.17, 15) is 10.1 Å². The molecular formula is C22H24N6O. The van der Waals surface area contributed by atoms with Crippen molar-refractivity contribution in [1.82, 2.24) is 15.2 Å². The second-order valence-corrected chi connectivity index (χ2v) is 8.38. The van der Waals surface area contributed by atoms with Gasteiger partial charge in [0, 0.05) is 17.7 Å². The van der Waals surface area contributed by atoms with Gasteiger partial charge in [0.25, 0.3) is 0 Å². The third-order valence-corrected chi connectivity index (χ3v) is 5.72. The Balaban J connectivity index is 1.96. The van der Waals surface area contributed by atoms with Gasteiger partial charge in [-0.2, -0.15) is 15.3 Å². The topological polar surface area (TPSA) is 112 Å². The smallest absolute Gasteiger partial charge is 0.231 e. The summed E-state index contributed by atoms with van der Waals surface area (Å²) in [6, 6.07) is 10.3. The zero-order valence-electron chi connectivity index (χ0n) is 16.9. The van der Waals surface area contributed by atoms with E-state index in [1.54, 1.807) is 4.90 Å². The Kier molecular flexibility index (Phi) is 4.50. The van der Waals surface area contributed by atoms with E-state index in [1.807, 2.05) is 24.3 Å². The molecule has 0 amide bonds. The van der Waals surface area contributed by atoms with Crippen molar-refractivity contribution in [3.05, 3.63) is 64.4 Å². The van der Waals surface area contributed by atoms with Gasteiger partial charge in [0.15, 0.2) is 5.78 Å². The van der Waals surface area contributed by atoms with Gasteiger partial charge in [-0.3, -0.25) is 9.69 Å². The van der Waals surface area contributed by atoms with Crippen molar-refractivity contribution in [2.45, 2.75) is 46.0 Å². The molecule has 29 heavy (non-hydrogen) atoms. The summed E-state index contributed by atoms with van der Waals surface area (Å²) in [5.74, 6) is 0.278. The number of carbonyl (C=O) groups excluding carboxylic acids is 1. The predicted octanol–water partition coefficient (Wildman–Crippen LogP) is 3.31. The van der Waals surface area contributed by atoms with E-state index in [-0.39, 0.29) is 17.0 Å². The van der Waals surface area contributed by atoms with E-state index in [1.165, 1.54) is 11.9 Å². The van der Waals surface area contributed by atoms with Gasteiger partial charge in [-0.25, -0.2) is 5.10 Å². The van der Waals surface area contributed by atoms with E-state index in [2.05, 4.69) is 42.0 Å². The van der Waals surface area contributed by atoms with Gasteiger partial charge in [0.1, 0.15) is 12.1 Å². The first-order valence-corrected chi connectivity index (χ1v) is 9.76. The summed E-state index contributed by atoms with van der Waals surface area (Å²) >= 11 is 0. The Labute approximate surface area is 169 Å². The van der Waals surface area contributed by atoms with Crippen molar-refractivity contribution in [2.24, 2.45) is 11.1 Å². The number of aryl methyl sites for hydroxylation is 1. The van der Waals surface area contributed by atoms with Crippen LogP contribution in [0.15, 0.2) is 53.3 Å². The highest BCUT2D eigenvalue weighted by Gasteiger charge is 2.45. The first-order valence-electron chi connectivity index (χ1n) is 9.76. The number of Topliss-reactive ketones (excluding diaryl/α,β-unsaturated/α-hetero) is 1. The number of nitriles is 1. The van der Waals surface area contributed by atoms with Crippen LogP contribution in [0.1, 0.15) is 50.7 Å². The van der Waals surface area contributed by atoms with Crippen LogP contribution < -0.4 is 10.6 Å². The third kappa shape index (κ3) is 3.11. The number of hydrogen-bond acceptors (Lipinski definition) is 6. The third-order valence-electron chi connectivity index (χ3n) is 5.72. The normalized spacial score (nSPS) is 21.2. The quantitative estimate of drug-likeness (QED) is 0.834. The molecule has 1 aromatic carbocycles. The summed E-state index contributed by atoms with van der Waals surface area (Å²) in [5, 5.41) is 16.7. The van der Waals surface area contributed by atoms with Crippen LogP contribution in [0.3, 0.4) is 0 Å². The molecular weight excluding hydrogens is 364 g/mol. The van der Waals surface area contributed by atoms with Gasteiger partial charge in [0.05, 0.1) is 17.6 Å². The summed E-state index contributed by atoms with van der Waals surface area (Å²) in [6.07, 6.45) is 3.39. The lowest BCUT2D eigenvalue weighted by Crippen LogP contribution is -2.42. The molecule has 3 N–H and O–H groups in total. The summed E-state index contributed by atoms with van der Waals surface area (Å²) in [5.41, 5.74) is 10.2. The highest BCUT2D eigenvalue weighted by atomic mass is 16.1. The molecule has 2 heterocycles. The number of nitrogens with zero attached hydrogens (tertiary/aromatic N) is 4. The Bertz CT molecular complexity index is 1050. The largest absolute Gasteiger partial charge is 0.384 e. The number of benzene rings is 1. The summed E-state index contributed by atoms with van der Waals surface area (Å²) in [4.78, 5) is 19.3. The molecule has 1 atom stereocenters. The highest BCUT2D eigenvalue weighted by Crippen LogP contribution is 2.49. The standard InChI is InChI=1S/C22H24N6O/c1-4-13-5-7-14(8-6-13)18-15(11-23)20(24)28(21-25-12-26-27-21)16-9-22(2,3)10-17(29)19(16)18/h5-8,12,18H,4,9-10,24H2,1-3H3,(H,25,26,27)/t18-/m0/s1. The number of aromatic nitrogens is 3. The van der Waals surface area contributed by atoms with Gasteiger partial charge < -0.3 is 5.73 Å². The van der Waals surface area contributed by atoms with E-state index in [0.717, 1.165) is 17.7 Å². The zero-order chi connectivity index (χ0) is 20.8. The second-order valence-electron chi connectivity index (χ2n) is 8.38. The number of nitrogens with two attached hydrogens (primary N) is 1. The number of carbonyl (C=O) groups is 1. The van der Waals surface area contributed by atoms with Crippen molar-refractivity contribution in [3.8, 4) is 6.07 Å². The lowest BCUT2D eigenvalue weighted by molar-refractivity contribution is -0.118. The number of rotatable bonds is 3. The molecule has 148 valence electrons. The van der Waals surface area contributed by atoms with Crippen LogP contribution in [0.5, 0.6) is 0 Å². The minimum Gasteiger partial charge on any atom is -0.384 e. The van der Waals surface area contributed by atoms with Crippen LogP contribution in [-0.4, -0.2) is 21.0 Å². The first-order chi connectivity index (χ1) is 13.9. The number of nitrogens with one attached hydrogen (secondary N) is 1. The van der Waals surface area contributed by atoms with E-state index in [4.69, 9.17) is 5.73 Å². The van der Waals surface area contributed by atoms with Gasteiger partial charge >= 0.3 is 0 Å². The van der Waals surface area contributed by atoms with Gasteiger partial charge in [-0.05, 0) is 29.4 Å². The fourth-order valence-corrected chi connectivity index (χ4v) is 4.34. The number of allylic oxidation sites excluding steroid dienone is 3. The van der Waals surface area contributed by atoms with Crippen LogP contribution in [0.25, 0.3) is 0 Å². The van der Waals surface area contributed by atoms with Crippen molar-refractivity contribution in [1.29, 1.82) is 5.26 Å². The van der Waals surface area contributed by atoms with E-state index in [0.29, 0.717) is 29.9 Å². The van der Waals surface area contributed by atoms with Gasteiger partial charge in [0.2, 0.25) is 5.95 Å². The minimum atomic E-state index is -0.469. The highest BCUT2D eigenvalue weighted by molar-refractivity contribution is 6.01. The molecule has 0 spiro atoms. The number of hydrogen-bond donors (Lipinski definition) is 2. The second kappa shape index (κ2) is 6.89. The maximum atomic E-state index is 13.3. The van der Waals surface area contributed by atoms with Crippen molar-refractivity contribution in [2.75, 3.05) is 4.90 Å². The summed E-state index contributed by atoms with van der Waals surface area (Å²) in [6.45, 7) is 6.23. The first kappa shape index (κ1) is 18.9. The average Bonchev–Trinajstić information content (AvgIpc) is 3.20. The molecule has 0 bridgehead atoms. The predicted molar refractivity (Wildman–Crippen MR) is 109 cm³/mol. The molecule has 0 saturated carbocycles.